The van der Waals surface area contributed by atoms with Crippen LogP contribution in [-0.2, 0) is 28.6 Å². The second-order valence-corrected chi connectivity index (χ2v) is 10.5. The summed E-state index contributed by atoms with van der Waals surface area (Å²) in [5.41, 5.74) is 0.0166. The van der Waals surface area contributed by atoms with Gasteiger partial charge in [-0.05, 0) is 48.1 Å². The first kappa shape index (κ1) is 22.8. The van der Waals surface area contributed by atoms with Crippen LogP contribution in [0.4, 0.5) is 0 Å². The molecule has 8 nitrogen and oxygen atoms in total. The number of hydrogen-bond donors (Lipinski definition) is 0. The predicted octanol–water partition coefficient (Wildman–Crippen LogP) is 3.97. The lowest BCUT2D eigenvalue weighted by Gasteiger charge is -2.56. The maximum atomic E-state index is 13.9. The molecule has 7 atom stereocenters. The van der Waals surface area contributed by atoms with Gasteiger partial charge in [0.25, 0.3) is 0 Å². The van der Waals surface area contributed by atoms with Crippen molar-refractivity contribution in [2.75, 3.05) is 7.11 Å². The second kappa shape index (κ2) is 8.69. The van der Waals surface area contributed by atoms with Crippen molar-refractivity contribution >= 4 is 35.0 Å². The van der Waals surface area contributed by atoms with Crippen LogP contribution in [0.1, 0.15) is 53.9 Å². The van der Waals surface area contributed by atoms with Crippen LogP contribution in [0.5, 0.6) is 0 Å². The number of thiophene rings is 1. The monoisotopic (exact) mass is 486 g/mol. The SMILES string of the molecule is COC(=O)[C@@H]1C[C@H](OC(=O)c2cccs2)C(=O)[C@@H]2[C@H]3C[C@@H](c4ccoc4)OC(=O)[C@@H]3CC[C@]21C. The largest absolute Gasteiger partial charge is 0.472 e. The first-order valence-electron chi connectivity index (χ1n) is 11.4. The molecule has 1 saturated heterocycles. The van der Waals surface area contributed by atoms with E-state index in [9.17, 15) is 19.2 Å². The highest BCUT2D eigenvalue weighted by atomic mass is 32.1. The molecule has 0 spiro atoms. The summed E-state index contributed by atoms with van der Waals surface area (Å²) in [4.78, 5) is 52.8. The molecular formula is C25H26O8S. The Bertz CT molecular complexity index is 1090. The molecule has 0 aromatic carbocycles. The van der Waals surface area contributed by atoms with Crippen LogP contribution in [0.2, 0.25) is 0 Å². The van der Waals surface area contributed by atoms with Gasteiger partial charge in [-0.1, -0.05) is 13.0 Å². The first-order chi connectivity index (χ1) is 16.3. The average Bonchev–Trinajstić information content (AvgIpc) is 3.54. The fourth-order valence-corrected chi connectivity index (χ4v) is 6.86. The van der Waals surface area contributed by atoms with Gasteiger partial charge in [0.2, 0.25) is 0 Å². The molecule has 180 valence electrons. The number of esters is 3. The summed E-state index contributed by atoms with van der Waals surface area (Å²) in [5.74, 6) is -3.67. The normalized spacial score (nSPS) is 35.0. The van der Waals surface area contributed by atoms with Crippen molar-refractivity contribution in [2.24, 2.45) is 29.1 Å². The van der Waals surface area contributed by atoms with Crippen LogP contribution in [0.15, 0.2) is 40.5 Å². The molecule has 0 amide bonds. The molecular weight excluding hydrogens is 460 g/mol. The maximum absolute atomic E-state index is 13.9. The highest BCUT2D eigenvalue weighted by molar-refractivity contribution is 7.11. The number of carbonyl (C=O) groups excluding carboxylic acids is 4. The Labute approximate surface area is 200 Å². The fraction of sp³-hybridized carbons (Fsp3) is 0.520. The van der Waals surface area contributed by atoms with Gasteiger partial charge in [-0.15, -0.1) is 11.3 Å². The lowest BCUT2D eigenvalue weighted by atomic mass is 9.48. The summed E-state index contributed by atoms with van der Waals surface area (Å²) in [7, 11) is 1.32. The molecule has 2 aromatic rings. The predicted molar refractivity (Wildman–Crippen MR) is 119 cm³/mol. The molecule has 3 aliphatic rings. The number of fused-ring (bicyclic) bond motifs is 3. The number of Topliss-reactive ketones (excluding diaryl/α,β-unsaturated/α-hetero) is 1. The Morgan fingerprint density at radius 2 is 2.03 bits per heavy atom. The zero-order valence-corrected chi connectivity index (χ0v) is 19.7. The van der Waals surface area contributed by atoms with E-state index in [1.807, 2.05) is 6.92 Å². The third kappa shape index (κ3) is 3.66. The molecule has 34 heavy (non-hydrogen) atoms. The van der Waals surface area contributed by atoms with Crippen molar-refractivity contribution in [1.29, 1.82) is 0 Å². The van der Waals surface area contributed by atoms with Crippen LogP contribution in [0, 0.1) is 29.1 Å². The Hall–Kier alpha value is -2.94. The third-order valence-electron chi connectivity index (χ3n) is 7.94. The number of hydrogen-bond acceptors (Lipinski definition) is 9. The van der Waals surface area contributed by atoms with Gasteiger partial charge in [0, 0.05) is 17.9 Å². The molecule has 0 unspecified atom stereocenters. The molecule has 0 radical (unpaired) electrons. The van der Waals surface area contributed by atoms with E-state index in [1.54, 1.807) is 23.6 Å². The molecule has 2 saturated carbocycles. The van der Waals surface area contributed by atoms with E-state index in [1.165, 1.54) is 31.0 Å². The second-order valence-electron chi connectivity index (χ2n) is 9.60. The Morgan fingerprint density at radius 1 is 1.21 bits per heavy atom. The highest BCUT2D eigenvalue weighted by Gasteiger charge is 2.63. The fourth-order valence-electron chi connectivity index (χ4n) is 6.26. The van der Waals surface area contributed by atoms with Gasteiger partial charge in [-0.25, -0.2) is 4.79 Å². The Kier molecular flexibility index (Phi) is 5.83. The van der Waals surface area contributed by atoms with Gasteiger partial charge in [-0.2, -0.15) is 0 Å². The molecule has 2 aromatic heterocycles. The average molecular weight is 487 g/mol. The third-order valence-corrected chi connectivity index (χ3v) is 8.79. The smallest absolute Gasteiger partial charge is 0.349 e. The molecule has 9 heteroatoms. The van der Waals surface area contributed by atoms with Gasteiger partial charge in [0.1, 0.15) is 11.0 Å². The van der Waals surface area contributed by atoms with E-state index in [4.69, 9.17) is 18.6 Å². The van der Waals surface area contributed by atoms with Crippen LogP contribution < -0.4 is 0 Å². The van der Waals surface area contributed by atoms with E-state index in [0.717, 1.165) is 5.56 Å². The summed E-state index contributed by atoms with van der Waals surface area (Å²) in [6.07, 6.45) is 2.96. The number of methoxy groups -OCH3 is 1. The lowest BCUT2D eigenvalue weighted by Crippen LogP contribution is -2.61. The Morgan fingerprint density at radius 3 is 2.71 bits per heavy atom. The zero-order valence-electron chi connectivity index (χ0n) is 18.9. The minimum atomic E-state index is -1.08. The minimum absolute atomic E-state index is 0.0720. The number of carbonyl (C=O) groups is 4. The number of ketones is 1. The van der Waals surface area contributed by atoms with Crippen molar-refractivity contribution < 1.29 is 37.8 Å². The highest BCUT2D eigenvalue weighted by Crippen LogP contribution is 2.59. The van der Waals surface area contributed by atoms with Crippen molar-refractivity contribution in [1.82, 2.24) is 0 Å². The van der Waals surface area contributed by atoms with Crippen LogP contribution >= 0.6 is 11.3 Å². The number of cyclic esters (lactones) is 1. The zero-order chi connectivity index (χ0) is 24.0. The van der Waals surface area contributed by atoms with Gasteiger partial charge >= 0.3 is 17.9 Å². The Balaban J connectivity index is 1.50. The van der Waals surface area contributed by atoms with Gasteiger partial charge in [-0.3, -0.25) is 14.4 Å². The van der Waals surface area contributed by atoms with Crippen molar-refractivity contribution in [3.05, 3.63) is 46.5 Å². The van der Waals surface area contributed by atoms with Crippen LogP contribution in [-0.4, -0.2) is 36.9 Å². The molecule has 0 N–H and O–H groups in total. The van der Waals surface area contributed by atoms with Gasteiger partial charge in [0.05, 0.1) is 31.5 Å². The summed E-state index contributed by atoms with van der Waals surface area (Å²) in [6.45, 7) is 1.93. The van der Waals surface area contributed by atoms with E-state index in [0.29, 0.717) is 24.1 Å². The summed E-state index contributed by atoms with van der Waals surface area (Å²) in [5, 5.41) is 1.75. The van der Waals surface area contributed by atoms with E-state index >= 15 is 0 Å². The molecule has 1 aliphatic heterocycles. The van der Waals surface area contributed by atoms with Crippen LogP contribution in [0.25, 0.3) is 0 Å². The summed E-state index contributed by atoms with van der Waals surface area (Å²) >= 11 is 1.22. The van der Waals surface area contributed by atoms with Crippen molar-refractivity contribution in [3.63, 3.8) is 0 Å². The summed E-state index contributed by atoms with van der Waals surface area (Å²) in [6, 6.07) is 5.10. The maximum Gasteiger partial charge on any atom is 0.349 e. The molecule has 3 fully saturated rings. The summed E-state index contributed by atoms with van der Waals surface area (Å²) < 4.78 is 21.6. The molecule has 0 bridgehead atoms. The number of rotatable bonds is 4. The first-order valence-corrected chi connectivity index (χ1v) is 12.3. The van der Waals surface area contributed by atoms with Gasteiger partial charge in [0.15, 0.2) is 11.9 Å². The van der Waals surface area contributed by atoms with E-state index in [2.05, 4.69) is 0 Å². The van der Waals surface area contributed by atoms with Crippen LogP contribution in [0.3, 0.4) is 0 Å². The topological polar surface area (TPSA) is 109 Å². The van der Waals surface area contributed by atoms with Gasteiger partial charge < -0.3 is 18.6 Å². The standard InChI is InChI=1S/C25H26O8S/c1-25-7-5-14-15(10-17(32-22(14)27)13-6-8-31-12-13)20(25)21(26)18(11-16(25)23(28)30-2)33-24(29)19-4-3-9-34-19/h3-4,6,8-9,12,14-18,20H,5,7,10-11H2,1-2H3/t14-,15+,16+,17+,18+,20+,25+/m1/s1. The van der Waals surface area contributed by atoms with E-state index < -0.39 is 47.3 Å². The lowest BCUT2D eigenvalue weighted by molar-refractivity contribution is -0.190. The van der Waals surface area contributed by atoms with E-state index in [-0.39, 0.29) is 24.1 Å². The van der Waals surface area contributed by atoms with Crippen molar-refractivity contribution in [3.8, 4) is 0 Å². The number of furan rings is 1. The molecule has 3 heterocycles. The number of ether oxygens (including phenoxy) is 3. The quantitative estimate of drug-likeness (QED) is 0.472. The minimum Gasteiger partial charge on any atom is -0.472 e. The molecule has 5 rings (SSSR count). The van der Waals surface area contributed by atoms with Crippen molar-refractivity contribution in [2.45, 2.75) is 44.8 Å². The molecule has 2 aliphatic carbocycles.